The lowest BCUT2D eigenvalue weighted by molar-refractivity contribution is -0.134. The van der Waals surface area contributed by atoms with Crippen molar-refractivity contribution >= 4 is 11.8 Å². The number of likely N-dealkylation sites (tertiary alicyclic amines) is 1. The van der Waals surface area contributed by atoms with E-state index in [4.69, 9.17) is 15.2 Å². The Morgan fingerprint density at radius 3 is 2.45 bits per heavy atom. The highest BCUT2D eigenvalue weighted by atomic mass is 16.5. The lowest BCUT2D eigenvalue weighted by atomic mass is 9.96. The van der Waals surface area contributed by atoms with Gasteiger partial charge in [-0.05, 0) is 31.0 Å². The van der Waals surface area contributed by atoms with Gasteiger partial charge in [0.15, 0.2) is 0 Å². The summed E-state index contributed by atoms with van der Waals surface area (Å²) >= 11 is 0. The summed E-state index contributed by atoms with van der Waals surface area (Å²) in [6.45, 7) is 1.14. The van der Waals surface area contributed by atoms with Gasteiger partial charge in [-0.1, -0.05) is 0 Å². The molecule has 0 aliphatic carbocycles. The van der Waals surface area contributed by atoms with Gasteiger partial charge in [0.25, 0.3) is 0 Å². The summed E-state index contributed by atoms with van der Waals surface area (Å²) in [5, 5.41) is 0. The third kappa shape index (κ3) is 3.69. The molecule has 2 amide bonds. The number of hydrogen-bond acceptors (Lipinski definition) is 4. The fourth-order valence-corrected chi connectivity index (χ4v) is 2.71. The Morgan fingerprint density at radius 2 is 1.91 bits per heavy atom. The molecule has 1 fully saturated rings. The van der Waals surface area contributed by atoms with Crippen LogP contribution in [0.2, 0.25) is 0 Å². The summed E-state index contributed by atoms with van der Waals surface area (Å²) in [7, 11) is 3.16. The van der Waals surface area contributed by atoms with Gasteiger partial charge in [-0.25, -0.2) is 0 Å². The maximum atomic E-state index is 12.4. The van der Waals surface area contributed by atoms with Gasteiger partial charge in [0.05, 0.1) is 20.6 Å². The molecular weight excluding hydrogens is 284 g/mol. The molecule has 0 bridgehead atoms. The van der Waals surface area contributed by atoms with Crippen molar-refractivity contribution < 1.29 is 19.1 Å². The second-order valence-corrected chi connectivity index (χ2v) is 5.41. The Labute approximate surface area is 130 Å². The number of hydrogen-bond donors (Lipinski definition) is 1. The lowest BCUT2D eigenvalue weighted by Crippen LogP contribution is -2.42. The van der Waals surface area contributed by atoms with E-state index < -0.39 is 0 Å². The van der Waals surface area contributed by atoms with E-state index in [1.54, 1.807) is 31.3 Å². The number of rotatable bonds is 5. The summed E-state index contributed by atoms with van der Waals surface area (Å²) in [6.07, 6.45) is 1.52. The van der Waals surface area contributed by atoms with E-state index in [9.17, 15) is 9.59 Å². The molecule has 6 nitrogen and oxygen atoms in total. The van der Waals surface area contributed by atoms with Gasteiger partial charge in [-0.15, -0.1) is 0 Å². The summed E-state index contributed by atoms with van der Waals surface area (Å²) < 4.78 is 10.5. The standard InChI is InChI=1S/C16H22N2O4/c1-21-13-3-4-14(22-2)12(9-13)10-15(19)18-7-5-11(6-8-18)16(17)20/h3-4,9,11H,5-8,10H2,1-2H3,(H2,17,20). The Kier molecular flexibility index (Phi) is 5.25. The number of primary amides is 1. The molecule has 0 aromatic heterocycles. The van der Waals surface area contributed by atoms with Gasteiger partial charge in [0.2, 0.25) is 11.8 Å². The smallest absolute Gasteiger partial charge is 0.227 e. The topological polar surface area (TPSA) is 81.9 Å². The van der Waals surface area contributed by atoms with E-state index in [0.29, 0.717) is 37.4 Å². The highest BCUT2D eigenvalue weighted by Gasteiger charge is 2.26. The minimum atomic E-state index is -0.276. The molecule has 1 aromatic rings. The van der Waals surface area contributed by atoms with Crippen LogP contribution in [0.25, 0.3) is 0 Å². The normalized spacial score (nSPS) is 15.5. The number of nitrogens with zero attached hydrogens (tertiary/aromatic N) is 1. The zero-order valence-corrected chi connectivity index (χ0v) is 13.0. The van der Waals surface area contributed by atoms with Gasteiger partial charge in [0.1, 0.15) is 11.5 Å². The maximum absolute atomic E-state index is 12.4. The number of ether oxygens (including phenoxy) is 2. The van der Waals surface area contributed by atoms with Crippen LogP contribution in [0.3, 0.4) is 0 Å². The van der Waals surface area contributed by atoms with Crippen molar-refractivity contribution in [1.82, 2.24) is 4.90 Å². The maximum Gasteiger partial charge on any atom is 0.227 e. The van der Waals surface area contributed by atoms with Gasteiger partial charge in [-0.3, -0.25) is 9.59 Å². The molecule has 0 unspecified atom stereocenters. The minimum Gasteiger partial charge on any atom is -0.497 e. The summed E-state index contributed by atoms with van der Waals surface area (Å²) in [5.74, 6) is 0.989. The van der Waals surface area contributed by atoms with E-state index in [-0.39, 0.29) is 24.2 Å². The van der Waals surface area contributed by atoms with Crippen molar-refractivity contribution in [3.63, 3.8) is 0 Å². The number of amides is 2. The van der Waals surface area contributed by atoms with Gasteiger partial charge >= 0.3 is 0 Å². The number of carbonyl (C=O) groups is 2. The Balaban J connectivity index is 2.02. The minimum absolute atomic E-state index is 0.0227. The first-order valence-corrected chi connectivity index (χ1v) is 7.33. The summed E-state index contributed by atoms with van der Waals surface area (Å²) in [5.41, 5.74) is 6.10. The predicted octanol–water partition coefficient (Wildman–Crippen LogP) is 0.970. The van der Waals surface area contributed by atoms with Crippen LogP contribution in [0.15, 0.2) is 18.2 Å². The predicted molar refractivity (Wildman–Crippen MR) is 81.7 cm³/mol. The quantitative estimate of drug-likeness (QED) is 0.879. The first kappa shape index (κ1) is 16.1. The van der Waals surface area contributed by atoms with Crippen molar-refractivity contribution in [2.24, 2.45) is 11.7 Å². The Bertz CT molecular complexity index is 551. The highest BCUT2D eigenvalue weighted by molar-refractivity contribution is 5.81. The number of methoxy groups -OCH3 is 2. The third-order valence-corrected chi connectivity index (χ3v) is 4.08. The zero-order chi connectivity index (χ0) is 16.1. The molecule has 120 valence electrons. The van der Waals surface area contributed by atoms with Crippen LogP contribution < -0.4 is 15.2 Å². The summed E-state index contributed by atoms with van der Waals surface area (Å²) in [6, 6.07) is 5.40. The van der Waals surface area contributed by atoms with Crippen LogP contribution in [0, 0.1) is 5.92 Å². The number of benzene rings is 1. The molecule has 0 radical (unpaired) electrons. The van der Waals surface area contributed by atoms with Crippen molar-refractivity contribution in [1.29, 1.82) is 0 Å². The monoisotopic (exact) mass is 306 g/mol. The second-order valence-electron chi connectivity index (χ2n) is 5.41. The molecule has 1 heterocycles. The average molecular weight is 306 g/mol. The largest absolute Gasteiger partial charge is 0.497 e. The van der Waals surface area contributed by atoms with E-state index in [1.165, 1.54) is 0 Å². The molecule has 2 rings (SSSR count). The molecule has 0 saturated carbocycles. The summed E-state index contributed by atoms with van der Waals surface area (Å²) in [4.78, 5) is 25.4. The van der Waals surface area contributed by atoms with Crippen LogP contribution in [0.4, 0.5) is 0 Å². The van der Waals surface area contributed by atoms with Gasteiger partial charge in [-0.2, -0.15) is 0 Å². The van der Waals surface area contributed by atoms with Crippen LogP contribution in [-0.2, 0) is 16.0 Å². The second kappa shape index (κ2) is 7.15. The van der Waals surface area contributed by atoms with Crippen molar-refractivity contribution in [2.75, 3.05) is 27.3 Å². The third-order valence-electron chi connectivity index (χ3n) is 4.08. The molecule has 1 saturated heterocycles. The zero-order valence-electron chi connectivity index (χ0n) is 13.0. The first-order valence-electron chi connectivity index (χ1n) is 7.33. The SMILES string of the molecule is COc1ccc(OC)c(CC(=O)N2CCC(C(N)=O)CC2)c1. The molecule has 22 heavy (non-hydrogen) atoms. The van der Waals surface area contributed by atoms with E-state index in [0.717, 1.165) is 5.56 Å². The van der Waals surface area contributed by atoms with Gasteiger partial charge < -0.3 is 20.1 Å². The van der Waals surface area contributed by atoms with Gasteiger partial charge in [0, 0.05) is 24.6 Å². The van der Waals surface area contributed by atoms with E-state index in [2.05, 4.69) is 0 Å². The fourth-order valence-electron chi connectivity index (χ4n) is 2.71. The Morgan fingerprint density at radius 1 is 1.23 bits per heavy atom. The molecule has 1 aliphatic rings. The molecular formula is C16H22N2O4. The molecule has 1 aliphatic heterocycles. The van der Waals surface area contributed by atoms with E-state index >= 15 is 0 Å². The average Bonchev–Trinajstić information content (AvgIpc) is 2.54. The molecule has 6 heteroatoms. The number of piperidine rings is 1. The molecule has 0 atom stereocenters. The lowest BCUT2D eigenvalue weighted by Gasteiger charge is -2.30. The number of carbonyl (C=O) groups excluding carboxylic acids is 2. The van der Waals surface area contributed by atoms with Crippen LogP contribution >= 0.6 is 0 Å². The van der Waals surface area contributed by atoms with Crippen molar-refractivity contribution in [2.45, 2.75) is 19.3 Å². The van der Waals surface area contributed by atoms with Crippen LogP contribution in [0.5, 0.6) is 11.5 Å². The molecule has 1 aromatic carbocycles. The Hall–Kier alpha value is -2.24. The fraction of sp³-hybridized carbons (Fsp3) is 0.500. The first-order chi connectivity index (χ1) is 10.5. The van der Waals surface area contributed by atoms with Crippen molar-refractivity contribution in [3.05, 3.63) is 23.8 Å². The highest BCUT2D eigenvalue weighted by Crippen LogP contribution is 2.25. The van der Waals surface area contributed by atoms with Crippen LogP contribution in [0.1, 0.15) is 18.4 Å². The van der Waals surface area contributed by atoms with Crippen molar-refractivity contribution in [3.8, 4) is 11.5 Å². The van der Waals surface area contributed by atoms with E-state index in [1.807, 2.05) is 6.07 Å². The molecule has 0 spiro atoms. The number of nitrogens with two attached hydrogens (primary N) is 1. The molecule has 2 N–H and O–H groups in total. The van der Waals surface area contributed by atoms with Crippen LogP contribution in [-0.4, -0.2) is 44.0 Å².